The van der Waals surface area contributed by atoms with Gasteiger partial charge in [0, 0.05) is 38.7 Å². The molecule has 3 heterocycles. The molecule has 1 aromatic heterocycles. The summed E-state index contributed by atoms with van der Waals surface area (Å²) in [5, 5.41) is 0.687. The van der Waals surface area contributed by atoms with Crippen LogP contribution in [-0.2, 0) is 17.5 Å². The third kappa shape index (κ3) is 4.95. The van der Waals surface area contributed by atoms with Gasteiger partial charge in [-0.3, -0.25) is 9.69 Å². The van der Waals surface area contributed by atoms with Gasteiger partial charge in [-0.15, -0.1) is 11.8 Å². The number of hydrogen-bond acceptors (Lipinski definition) is 5. The van der Waals surface area contributed by atoms with Crippen molar-refractivity contribution in [3.63, 3.8) is 0 Å². The molecule has 2 aliphatic rings. The van der Waals surface area contributed by atoms with Crippen molar-refractivity contribution in [2.24, 2.45) is 0 Å². The van der Waals surface area contributed by atoms with E-state index in [1.807, 2.05) is 6.92 Å². The summed E-state index contributed by atoms with van der Waals surface area (Å²) in [5.41, 5.74) is -0.966. The van der Waals surface area contributed by atoms with Crippen LogP contribution in [0.2, 0.25) is 0 Å². The van der Waals surface area contributed by atoms with E-state index in [2.05, 4.69) is 4.98 Å². The quantitative estimate of drug-likeness (QED) is 0.575. The first kappa shape index (κ1) is 23.4. The number of aromatic nitrogens is 1. The number of alkyl halides is 3. The molecule has 176 valence electrons. The number of amides is 2. The molecule has 10 heteroatoms. The number of carbonyl (C=O) groups excluding carboxylic acids is 2. The fourth-order valence-corrected chi connectivity index (χ4v) is 5.03. The number of nitrogens with zero attached hydrogens (tertiary/aromatic N) is 3. The van der Waals surface area contributed by atoms with Crippen LogP contribution in [0.25, 0.3) is 0 Å². The molecule has 0 atom stereocenters. The van der Waals surface area contributed by atoms with E-state index in [1.54, 1.807) is 23.2 Å². The molecule has 0 radical (unpaired) electrons. The minimum Gasteiger partial charge on any atom is -0.441 e. The van der Waals surface area contributed by atoms with Gasteiger partial charge in [0.25, 0.3) is 5.91 Å². The summed E-state index contributed by atoms with van der Waals surface area (Å²) in [6.45, 7) is 2.80. The zero-order valence-corrected chi connectivity index (χ0v) is 18.9. The Hall–Kier alpha value is -2.75. The monoisotopic (exact) mass is 479 g/mol. The number of piperidine rings is 1. The molecule has 1 spiro atoms. The van der Waals surface area contributed by atoms with E-state index in [9.17, 15) is 22.8 Å². The smallest absolute Gasteiger partial charge is 0.416 e. The van der Waals surface area contributed by atoms with Crippen LogP contribution in [0.4, 0.5) is 18.0 Å². The Morgan fingerprint density at radius 3 is 2.61 bits per heavy atom. The van der Waals surface area contributed by atoms with Gasteiger partial charge in [-0.05, 0) is 29.5 Å². The molecule has 0 saturated carbocycles. The highest BCUT2D eigenvalue weighted by molar-refractivity contribution is 7.99. The molecule has 2 amide bonds. The van der Waals surface area contributed by atoms with E-state index >= 15 is 0 Å². The number of likely N-dealkylation sites (tertiary alicyclic amines) is 1. The molecular weight excluding hydrogens is 455 g/mol. The summed E-state index contributed by atoms with van der Waals surface area (Å²) in [7, 11) is 0. The Morgan fingerprint density at radius 1 is 1.18 bits per heavy atom. The van der Waals surface area contributed by atoms with E-state index in [4.69, 9.17) is 4.74 Å². The highest BCUT2D eigenvalue weighted by atomic mass is 32.2. The van der Waals surface area contributed by atoms with Crippen molar-refractivity contribution >= 4 is 23.8 Å². The summed E-state index contributed by atoms with van der Waals surface area (Å²) >= 11 is 1.50. The highest BCUT2D eigenvalue weighted by Gasteiger charge is 2.48. The van der Waals surface area contributed by atoms with Crippen molar-refractivity contribution in [3.05, 3.63) is 59.3 Å². The van der Waals surface area contributed by atoms with Crippen molar-refractivity contribution in [1.29, 1.82) is 0 Å². The number of hydrogen-bond donors (Lipinski definition) is 0. The number of benzene rings is 1. The van der Waals surface area contributed by atoms with Crippen molar-refractivity contribution in [3.8, 4) is 0 Å². The fraction of sp³-hybridized carbons (Fsp3) is 0.435. The lowest BCUT2D eigenvalue weighted by Gasteiger charge is -2.37. The van der Waals surface area contributed by atoms with E-state index in [0.29, 0.717) is 36.5 Å². The Morgan fingerprint density at radius 2 is 1.91 bits per heavy atom. The van der Waals surface area contributed by atoms with E-state index in [-0.39, 0.29) is 24.6 Å². The van der Waals surface area contributed by atoms with Gasteiger partial charge in [0.2, 0.25) is 0 Å². The summed E-state index contributed by atoms with van der Waals surface area (Å²) < 4.78 is 45.6. The normalized spacial score (nSPS) is 18.0. The molecule has 0 N–H and O–H groups in total. The van der Waals surface area contributed by atoms with Crippen molar-refractivity contribution in [2.45, 2.75) is 43.1 Å². The molecular formula is C23H24F3N3O3S. The fourth-order valence-electron chi connectivity index (χ4n) is 4.31. The van der Waals surface area contributed by atoms with Crippen LogP contribution in [0.5, 0.6) is 0 Å². The number of halogens is 3. The topological polar surface area (TPSA) is 62.7 Å². The Kier molecular flexibility index (Phi) is 6.56. The third-order valence-electron chi connectivity index (χ3n) is 5.97. The third-order valence-corrected chi connectivity index (χ3v) is 6.86. The molecule has 1 aromatic carbocycles. The van der Waals surface area contributed by atoms with Crippen LogP contribution in [0, 0.1) is 0 Å². The maximum Gasteiger partial charge on any atom is 0.416 e. The maximum atomic E-state index is 13.3. The second-order valence-electron chi connectivity index (χ2n) is 8.14. The average Bonchev–Trinajstić information content (AvgIpc) is 3.08. The number of ether oxygens (including phenoxy) is 1. The molecule has 0 aliphatic carbocycles. The maximum absolute atomic E-state index is 13.3. The SMILES string of the molecule is CCSc1ncccc1C(=O)N1CCC2(CC1)CN(Cc1ccccc1C(F)(F)F)C(=O)O2. The van der Waals surface area contributed by atoms with Crippen LogP contribution in [0.3, 0.4) is 0 Å². The number of rotatable bonds is 5. The lowest BCUT2D eigenvalue weighted by molar-refractivity contribution is -0.138. The van der Waals surface area contributed by atoms with Gasteiger partial charge in [-0.1, -0.05) is 25.1 Å². The van der Waals surface area contributed by atoms with Crippen molar-refractivity contribution in [2.75, 3.05) is 25.4 Å². The van der Waals surface area contributed by atoms with Gasteiger partial charge < -0.3 is 9.64 Å². The molecule has 0 unspecified atom stereocenters. The van der Waals surface area contributed by atoms with Gasteiger partial charge in [0.1, 0.15) is 10.6 Å². The van der Waals surface area contributed by atoms with Crippen LogP contribution < -0.4 is 0 Å². The van der Waals surface area contributed by atoms with Gasteiger partial charge in [0.05, 0.1) is 17.7 Å². The molecule has 4 rings (SSSR count). The van der Waals surface area contributed by atoms with Crippen molar-refractivity contribution < 1.29 is 27.5 Å². The highest BCUT2D eigenvalue weighted by Crippen LogP contribution is 2.37. The molecule has 2 saturated heterocycles. The first-order valence-corrected chi connectivity index (χ1v) is 11.7. The zero-order valence-electron chi connectivity index (χ0n) is 18.1. The average molecular weight is 480 g/mol. The van der Waals surface area contributed by atoms with Crippen molar-refractivity contribution in [1.82, 2.24) is 14.8 Å². The summed E-state index contributed by atoms with van der Waals surface area (Å²) in [6.07, 6.45) is -2.61. The Bertz CT molecular complexity index is 1040. The minimum atomic E-state index is -4.50. The molecule has 6 nitrogen and oxygen atoms in total. The standard InChI is InChI=1S/C23H24F3N3O3S/c1-2-33-19-17(7-5-11-27-19)20(30)28-12-9-22(10-13-28)15-29(21(31)32-22)14-16-6-3-4-8-18(16)23(24,25)26/h3-8,11H,2,9-10,12-15H2,1H3. The molecule has 2 aliphatic heterocycles. The predicted octanol–water partition coefficient (Wildman–Crippen LogP) is 4.84. The number of pyridine rings is 1. The first-order chi connectivity index (χ1) is 15.7. The van der Waals surface area contributed by atoms with Gasteiger partial charge in [0.15, 0.2) is 0 Å². The zero-order chi connectivity index (χ0) is 23.6. The largest absolute Gasteiger partial charge is 0.441 e. The van der Waals surface area contributed by atoms with E-state index < -0.39 is 23.4 Å². The summed E-state index contributed by atoms with van der Waals surface area (Å²) in [4.78, 5) is 32.9. The number of thioether (sulfide) groups is 1. The summed E-state index contributed by atoms with van der Waals surface area (Å²) in [6, 6.07) is 8.73. The lowest BCUT2D eigenvalue weighted by atomic mass is 9.91. The Labute approximate surface area is 194 Å². The van der Waals surface area contributed by atoms with Gasteiger partial charge >= 0.3 is 12.3 Å². The molecule has 33 heavy (non-hydrogen) atoms. The van der Waals surface area contributed by atoms with Gasteiger partial charge in [-0.25, -0.2) is 9.78 Å². The molecule has 2 aromatic rings. The second kappa shape index (κ2) is 9.24. The van der Waals surface area contributed by atoms with Crippen LogP contribution in [0.15, 0.2) is 47.6 Å². The lowest BCUT2D eigenvalue weighted by Crippen LogP contribution is -2.48. The minimum absolute atomic E-state index is 0.0316. The molecule has 2 fully saturated rings. The van der Waals surface area contributed by atoms with E-state index in [1.165, 1.54) is 34.9 Å². The van der Waals surface area contributed by atoms with Crippen LogP contribution >= 0.6 is 11.8 Å². The van der Waals surface area contributed by atoms with Crippen LogP contribution in [0.1, 0.15) is 41.3 Å². The first-order valence-electron chi connectivity index (χ1n) is 10.7. The van der Waals surface area contributed by atoms with E-state index in [0.717, 1.165) is 11.8 Å². The Balaban J connectivity index is 1.42. The summed E-state index contributed by atoms with van der Waals surface area (Å²) in [5.74, 6) is 0.679. The molecule has 0 bridgehead atoms. The second-order valence-corrected chi connectivity index (χ2v) is 9.40. The van der Waals surface area contributed by atoms with Crippen LogP contribution in [-0.4, -0.2) is 57.8 Å². The predicted molar refractivity (Wildman–Crippen MR) is 117 cm³/mol. The van der Waals surface area contributed by atoms with Gasteiger partial charge in [-0.2, -0.15) is 13.2 Å². The number of carbonyl (C=O) groups is 2.